The Morgan fingerprint density at radius 3 is 2.48 bits per heavy atom. The Morgan fingerprint density at radius 2 is 1.81 bits per heavy atom. The summed E-state index contributed by atoms with van der Waals surface area (Å²) in [6, 6.07) is 10.5. The van der Waals surface area contributed by atoms with Gasteiger partial charge >= 0.3 is 0 Å². The lowest BCUT2D eigenvalue weighted by Gasteiger charge is -2.19. The summed E-state index contributed by atoms with van der Waals surface area (Å²) < 4.78 is 0. The molecule has 2 aromatic rings. The normalized spacial score (nSPS) is 11.8. The average molecular weight is 299 g/mol. The lowest BCUT2D eigenvalue weighted by molar-refractivity contribution is 0.716. The Hall–Kier alpha value is -1.94. The molecule has 0 radical (unpaired) electrons. The zero-order valence-electron chi connectivity index (χ0n) is 12.9. The number of hydrogen-bond acceptors (Lipinski definition) is 2. The van der Waals surface area contributed by atoms with E-state index in [0.717, 1.165) is 11.4 Å². The fourth-order valence-electron chi connectivity index (χ4n) is 2.34. The number of aryl methyl sites for hydroxylation is 3. The van der Waals surface area contributed by atoms with Gasteiger partial charge in [0.25, 0.3) is 0 Å². The monoisotopic (exact) mass is 299 g/mol. The number of benzene rings is 1. The molecular formula is C17H21N3S. The number of anilines is 1. The quantitative estimate of drug-likeness (QED) is 0.838. The van der Waals surface area contributed by atoms with Crippen molar-refractivity contribution in [3.05, 3.63) is 58.8 Å². The summed E-state index contributed by atoms with van der Waals surface area (Å²) in [4.78, 5) is 4.25. The number of hydrogen-bond donors (Lipinski definition) is 2. The van der Waals surface area contributed by atoms with Crippen LogP contribution in [0.5, 0.6) is 0 Å². The summed E-state index contributed by atoms with van der Waals surface area (Å²) in [7, 11) is 0. The maximum Gasteiger partial charge on any atom is 0.172 e. The molecule has 110 valence electrons. The number of thiocarbonyl (C=S) groups is 1. The molecule has 0 bridgehead atoms. The lowest BCUT2D eigenvalue weighted by atomic mass is 10.0. The van der Waals surface area contributed by atoms with E-state index in [-0.39, 0.29) is 6.04 Å². The molecule has 0 saturated carbocycles. The predicted octanol–water partition coefficient (Wildman–Crippen LogP) is 4.05. The first-order valence-corrected chi connectivity index (χ1v) is 7.44. The first-order chi connectivity index (χ1) is 9.95. The van der Waals surface area contributed by atoms with Crippen LogP contribution in [-0.4, -0.2) is 10.1 Å². The molecule has 0 aliphatic heterocycles. The fourth-order valence-corrected chi connectivity index (χ4v) is 2.62. The second-order valence-corrected chi connectivity index (χ2v) is 5.81. The molecule has 21 heavy (non-hydrogen) atoms. The third-order valence-corrected chi connectivity index (χ3v) is 3.62. The van der Waals surface area contributed by atoms with Crippen LogP contribution in [0.2, 0.25) is 0 Å². The second kappa shape index (κ2) is 6.68. The van der Waals surface area contributed by atoms with Crippen LogP contribution in [0.3, 0.4) is 0 Å². The Labute approximate surface area is 131 Å². The van der Waals surface area contributed by atoms with Gasteiger partial charge in [0.05, 0.1) is 6.04 Å². The van der Waals surface area contributed by atoms with Crippen molar-refractivity contribution in [2.75, 3.05) is 5.32 Å². The molecule has 0 saturated heterocycles. The van der Waals surface area contributed by atoms with Crippen molar-refractivity contribution < 1.29 is 0 Å². The Morgan fingerprint density at radius 1 is 1.10 bits per heavy atom. The van der Waals surface area contributed by atoms with Crippen LogP contribution in [0.1, 0.15) is 35.2 Å². The highest BCUT2D eigenvalue weighted by molar-refractivity contribution is 7.80. The zero-order chi connectivity index (χ0) is 15.4. The first-order valence-electron chi connectivity index (χ1n) is 7.03. The number of nitrogens with one attached hydrogen (secondary N) is 2. The smallest absolute Gasteiger partial charge is 0.172 e. The van der Waals surface area contributed by atoms with Crippen LogP contribution in [0, 0.1) is 20.8 Å². The van der Waals surface area contributed by atoms with Crippen molar-refractivity contribution in [2.24, 2.45) is 0 Å². The minimum atomic E-state index is 0.149. The van der Waals surface area contributed by atoms with Crippen molar-refractivity contribution in [2.45, 2.75) is 33.7 Å². The predicted molar refractivity (Wildman–Crippen MR) is 92.7 cm³/mol. The number of rotatable bonds is 3. The molecule has 0 spiro atoms. The molecule has 3 nitrogen and oxygen atoms in total. The van der Waals surface area contributed by atoms with Gasteiger partial charge < -0.3 is 10.6 Å². The van der Waals surface area contributed by atoms with E-state index in [9.17, 15) is 0 Å². The first kappa shape index (κ1) is 15.4. The van der Waals surface area contributed by atoms with E-state index in [0.29, 0.717) is 5.11 Å². The molecule has 2 rings (SSSR count). The highest BCUT2D eigenvalue weighted by Crippen LogP contribution is 2.18. The Bertz CT molecular complexity index is 652. The van der Waals surface area contributed by atoms with E-state index in [2.05, 4.69) is 54.6 Å². The van der Waals surface area contributed by atoms with Crippen LogP contribution in [0.25, 0.3) is 0 Å². The SMILES string of the molecule is Cc1ccnc(NC(=S)NC(C)c2ccc(C)cc2C)c1. The minimum absolute atomic E-state index is 0.149. The van der Waals surface area contributed by atoms with Gasteiger partial charge in [0.1, 0.15) is 5.82 Å². The zero-order valence-corrected chi connectivity index (χ0v) is 13.7. The van der Waals surface area contributed by atoms with E-state index in [4.69, 9.17) is 12.2 Å². The highest BCUT2D eigenvalue weighted by atomic mass is 32.1. The van der Waals surface area contributed by atoms with Gasteiger partial charge in [-0.1, -0.05) is 23.8 Å². The lowest BCUT2D eigenvalue weighted by Crippen LogP contribution is -2.31. The molecule has 0 aliphatic carbocycles. The molecule has 1 aromatic heterocycles. The molecule has 1 aromatic carbocycles. The van der Waals surface area contributed by atoms with Crippen LogP contribution < -0.4 is 10.6 Å². The van der Waals surface area contributed by atoms with E-state index < -0.39 is 0 Å². The summed E-state index contributed by atoms with van der Waals surface area (Å²) >= 11 is 5.36. The van der Waals surface area contributed by atoms with Gasteiger partial charge in [0.15, 0.2) is 5.11 Å². The molecule has 1 unspecified atom stereocenters. The topological polar surface area (TPSA) is 37.0 Å². The number of pyridine rings is 1. The summed E-state index contributed by atoms with van der Waals surface area (Å²) in [6.45, 7) is 8.36. The van der Waals surface area contributed by atoms with Gasteiger partial charge in [0.2, 0.25) is 0 Å². The van der Waals surface area contributed by atoms with Gasteiger partial charge in [-0.25, -0.2) is 4.98 Å². The van der Waals surface area contributed by atoms with Gasteiger partial charge in [-0.3, -0.25) is 0 Å². The molecule has 0 fully saturated rings. The van der Waals surface area contributed by atoms with Crippen molar-refractivity contribution in [1.29, 1.82) is 0 Å². The summed E-state index contributed by atoms with van der Waals surface area (Å²) in [5.74, 6) is 0.764. The maximum atomic E-state index is 5.36. The molecule has 1 atom stereocenters. The maximum absolute atomic E-state index is 5.36. The highest BCUT2D eigenvalue weighted by Gasteiger charge is 2.10. The largest absolute Gasteiger partial charge is 0.356 e. The van der Waals surface area contributed by atoms with Gasteiger partial charge in [-0.2, -0.15) is 0 Å². The molecule has 4 heteroatoms. The summed E-state index contributed by atoms with van der Waals surface area (Å²) in [6.07, 6.45) is 1.77. The third-order valence-electron chi connectivity index (χ3n) is 3.40. The minimum Gasteiger partial charge on any atom is -0.356 e. The van der Waals surface area contributed by atoms with Gasteiger partial charge in [-0.05, 0) is 68.7 Å². The van der Waals surface area contributed by atoms with Crippen LogP contribution >= 0.6 is 12.2 Å². The molecular weight excluding hydrogens is 278 g/mol. The fraction of sp³-hybridized carbons (Fsp3) is 0.294. The number of aromatic nitrogens is 1. The van der Waals surface area contributed by atoms with Crippen molar-refractivity contribution in [3.8, 4) is 0 Å². The third kappa shape index (κ3) is 4.26. The van der Waals surface area contributed by atoms with E-state index in [1.165, 1.54) is 16.7 Å². The van der Waals surface area contributed by atoms with Gasteiger partial charge in [-0.15, -0.1) is 0 Å². The van der Waals surface area contributed by atoms with Crippen molar-refractivity contribution >= 4 is 23.1 Å². The standard InChI is InChI=1S/C17H21N3S/c1-11-5-6-15(13(3)9-11)14(4)19-17(21)20-16-10-12(2)7-8-18-16/h5-10,14H,1-4H3,(H2,18,19,20,21). The van der Waals surface area contributed by atoms with Crippen LogP contribution in [0.4, 0.5) is 5.82 Å². The molecule has 0 aliphatic rings. The van der Waals surface area contributed by atoms with Crippen LogP contribution in [0.15, 0.2) is 36.5 Å². The molecule has 1 heterocycles. The van der Waals surface area contributed by atoms with Crippen molar-refractivity contribution in [3.63, 3.8) is 0 Å². The van der Waals surface area contributed by atoms with E-state index in [1.807, 2.05) is 19.1 Å². The van der Waals surface area contributed by atoms with Crippen molar-refractivity contribution in [1.82, 2.24) is 10.3 Å². The number of nitrogens with zero attached hydrogens (tertiary/aromatic N) is 1. The van der Waals surface area contributed by atoms with E-state index in [1.54, 1.807) is 6.20 Å². The summed E-state index contributed by atoms with van der Waals surface area (Å²) in [5, 5.41) is 7.01. The second-order valence-electron chi connectivity index (χ2n) is 5.40. The summed E-state index contributed by atoms with van der Waals surface area (Å²) in [5.41, 5.74) is 4.94. The Balaban J connectivity index is 2.02. The van der Waals surface area contributed by atoms with E-state index >= 15 is 0 Å². The van der Waals surface area contributed by atoms with Crippen LogP contribution in [-0.2, 0) is 0 Å². The molecule has 2 N–H and O–H groups in total. The van der Waals surface area contributed by atoms with Gasteiger partial charge in [0, 0.05) is 6.20 Å². The molecule has 0 amide bonds. The Kier molecular flexibility index (Phi) is 4.91. The average Bonchev–Trinajstić information content (AvgIpc) is 2.38.